The molecule has 0 aliphatic carbocycles. The third-order valence-corrected chi connectivity index (χ3v) is 4.34. The minimum Gasteiger partial charge on any atom is -0.461 e. The van der Waals surface area contributed by atoms with Gasteiger partial charge in [0.2, 0.25) is 5.01 Å². The number of anilines is 1. The van der Waals surface area contributed by atoms with Gasteiger partial charge in [-0.1, -0.05) is 0 Å². The van der Waals surface area contributed by atoms with E-state index in [1.807, 2.05) is 0 Å². The molecule has 4 nitrogen and oxygen atoms in total. The minimum atomic E-state index is -0.407. The molecule has 2 rings (SSSR count). The number of nitrogens with two attached hydrogens (primary N) is 1. The third kappa shape index (κ3) is 3.71. The highest BCUT2D eigenvalue weighted by Crippen LogP contribution is 2.29. The molecule has 0 atom stereocenters. The van der Waals surface area contributed by atoms with Gasteiger partial charge in [-0.3, -0.25) is 0 Å². The van der Waals surface area contributed by atoms with E-state index in [0.29, 0.717) is 23.1 Å². The largest absolute Gasteiger partial charge is 0.461 e. The van der Waals surface area contributed by atoms with Gasteiger partial charge >= 0.3 is 5.97 Å². The highest BCUT2D eigenvalue weighted by molar-refractivity contribution is 7.98. The maximum absolute atomic E-state index is 12.9. The van der Waals surface area contributed by atoms with Crippen LogP contribution in [-0.2, 0) is 10.5 Å². The molecular weight excluding hydrogens is 299 g/mol. The Labute approximate surface area is 124 Å². The summed E-state index contributed by atoms with van der Waals surface area (Å²) in [5.41, 5.74) is 6.89. The molecule has 0 saturated carbocycles. The monoisotopic (exact) mass is 312 g/mol. The van der Waals surface area contributed by atoms with Gasteiger partial charge in [-0.2, -0.15) is 0 Å². The van der Waals surface area contributed by atoms with E-state index in [1.165, 1.54) is 35.2 Å². The van der Waals surface area contributed by atoms with Gasteiger partial charge < -0.3 is 10.5 Å². The van der Waals surface area contributed by atoms with E-state index in [9.17, 15) is 9.18 Å². The lowest BCUT2D eigenvalue weighted by molar-refractivity contribution is 0.0525. The van der Waals surface area contributed by atoms with Crippen LogP contribution in [0.4, 0.5) is 10.1 Å². The van der Waals surface area contributed by atoms with Gasteiger partial charge in [0, 0.05) is 21.7 Å². The normalized spacial score (nSPS) is 10.5. The maximum atomic E-state index is 12.9. The Balaban J connectivity index is 1.99. The molecule has 0 bridgehead atoms. The number of benzene rings is 1. The molecule has 0 saturated heterocycles. The second-order valence-electron chi connectivity index (χ2n) is 3.84. The molecule has 1 aromatic carbocycles. The van der Waals surface area contributed by atoms with Crippen LogP contribution in [0.25, 0.3) is 0 Å². The Morgan fingerprint density at radius 3 is 3.05 bits per heavy atom. The summed E-state index contributed by atoms with van der Waals surface area (Å²) in [7, 11) is 0. The van der Waals surface area contributed by atoms with Gasteiger partial charge in [0.25, 0.3) is 0 Å². The van der Waals surface area contributed by atoms with Crippen molar-refractivity contribution in [1.29, 1.82) is 0 Å². The number of nitrogen functional groups attached to an aromatic ring is 1. The summed E-state index contributed by atoms with van der Waals surface area (Å²) in [5, 5.41) is 2.15. The van der Waals surface area contributed by atoms with Crippen LogP contribution >= 0.6 is 23.1 Å². The lowest BCUT2D eigenvalue weighted by Gasteiger charge is -2.03. The quantitative estimate of drug-likeness (QED) is 0.521. The molecule has 20 heavy (non-hydrogen) atoms. The zero-order valence-electron chi connectivity index (χ0n) is 10.8. The van der Waals surface area contributed by atoms with Crippen molar-refractivity contribution in [3.8, 4) is 0 Å². The van der Waals surface area contributed by atoms with Crippen LogP contribution < -0.4 is 5.73 Å². The number of rotatable bonds is 5. The van der Waals surface area contributed by atoms with Gasteiger partial charge in [-0.15, -0.1) is 23.1 Å². The lowest BCUT2D eigenvalue weighted by atomic mass is 10.3. The van der Waals surface area contributed by atoms with Crippen LogP contribution in [0.1, 0.15) is 22.4 Å². The first-order valence-corrected chi connectivity index (χ1v) is 7.76. The Bertz CT molecular complexity index is 616. The molecule has 1 heterocycles. The van der Waals surface area contributed by atoms with E-state index in [4.69, 9.17) is 10.5 Å². The maximum Gasteiger partial charge on any atom is 0.367 e. The fourth-order valence-electron chi connectivity index (χ4n) is 1.46. The van der Waals surface area contributed by atoms with Crippen molar-refractivity contribution in [3.63, 3.8) is 0 Å². The molecule has 0 fully saturated rings. The zero-order chi connectivity index (χ0) is 14.5. The first kappa shape index (κ1) is 14.8. The highest BCUT2D eigenvalue weighted by atomic mass is 32.2. The number of halogens is 1. The Kier molecular flexibility index (Phi) is 4.97. The van der Waals surface area contributed by atoms with Gasteiger partial charge in [0.1, 0.15) is 5.82 Å². The second kappa shape index (κ2) is 6.71. The van der Waals surface area contributed by atoms with Crippen molar-refractivity contribution >= 4 is 34.8 Å². The van der Waals surface area contributed by atoms with Crippen molar-refractivity contribution < 1.29 is 13.9 Å². The van der Waals surface area contributed by atoms with Gasteiger partial charge in [0.15, 0.2) is 0 Å². The summed E-state index contributed by atoms with van der Waals surface area (Å²) >= 11 is 2.70. The van der Waals surface area contributed by atoms with Gasteiger partial charge in [-0.05, 0) is 25.1 Å². The summed E-state index contributed by atoms with van der Waals surface area (Å²) < 4.78 is 17.8. The number of ether oxygens (including phenoxy) is 1. The first-order valence-electron chi connectivity index (χ1n) is 5.89. The number of aromatic nitrogens is 1. The van der Waals surface area contributed by atoms with Crippen LogP contribution in [0.5, 0.6) is 0 Å². The number of hydrogen-bond acceptors (Lipinski definition) is 6. The number of esters is 1. The molecule has 0 aliphatic heterocycles. The van der Waals surface area contributed by atoms with E-state index < -0.39 is 5.97 Å². The van der Waals surface area contributed by atoms with E-state index >= 15 is 0 Å². The molecule has 2 N–H and O–H groups in total. The zero-order valence-corrected chi connectivity index (χ0v) is 12.4. The Morgan fingerprint density at radius 2 is 2.35 bits per heavy atom. The van der Waals surface area contributed by atoms with Crippen LogP contribution in [0, 0.1) is 5.82 Å². The van der Waals surface area contributed by atoms with Gasteiger partial charge in [0.05, 0.1) is 12.3 Å². The summed E-state index contributed by atoms with van der Waals surface area (Å²) in [4.78, 5) is 16.5. The topological polar surface area (TPSA) is 65.2 Å². The van der Waals surface area contributed by atoms with Crippen LogP contribution in [0.15, 0.2) is 28.5 Å². The smallest absolute Gasteiger partial charge is 0.367 e. The van der Waals surface area contributed by atoms with E-state index in [-0.39, 0.29) is 5.82 Å². The van der Waals surface area contributed by atoms with E-state index in [0.717, 1.165) is 10.6 Å². The van der Waals surface area contributed by atoms with E-state index in [2.05, 4.69) is 4.98 Å². The average Bonchev–Trinajstić information content (AvgIpc) is 2.87. The first-order chi connectivity index (χ1) is 9.60. The average molecular weight is 312 g/mol. The molecule has 1 aromatic heterocycles. The summed E-state index contributed by atoms with van der Waals surface area (Å²) in [6, 6.07) is 4.28. The van der Waals surface area contributed by atoms with Crippen molar-refractivity contribution in [2.45, 2.75) is 17.6 Å². The number of thioether (sulfide) groups is 1. The molecule has 0 unspecified atom stereocenters. The number of carbonyl (C=O) groups excluding carboxylic acids is 1. The predicted molar refractivity (Wildman–Crippen MR) is 78.4 cm³/mol. The van der Waals surface area contributed by atoms with Crippen LogP contribution in [0.2, 0.25) is 0 Å². The standard InChI is InChI=1S/C13H13FN2O2S2/c1-2-18-13(17)12-16-9(7-20-12)6-19-11-4-3-8(14)5-10(11)15/h3-5,7H,2,6,15H2,1H3. The fourth-order valence-corrected chi connectivity index (χ4v) is 3.12. The van der Waals surface area contributed by atoms with Gasteiger partial charge in [-0.25, -0.2) is 14.2 Å². The van der Waals surface area contributed by atoms with Crippen molar-refractivity contribution in [3.05, 3.63) is 40.1 Å². The molecule has 7 heteroatoms. The molecule has 0 radical (unpaired) electrons. The Hall–Kier alpha value is -1.60. The number of hydrogen-bond donors (Lipinski definition) is 1. The van der Waals surface area contributed by atoms with E-state index in [1.54, 1.807) is 18.4 Å². The summed E-state index contributed by atoms with van der Waals surface area (Å²) in [5.74, 6) is -0.203. The van der Waals surface area contributed by atoms with Crippen molar-refractivity contribution in [2.24, 2.45) is 0 Å². The van der Waals surface area contributed by atoms with Crippen molar-refractivity contribution in [1.82, 2.24) is 4.98 Å². The molecular formula is C13H13FN2O2S2. The predicted octanol–water partition coefficient (Wildman–Crippen LogP) is 3.33. The molecule has 0 spiro atoms. The highest BCUT2D eigenvalue weighted by Gasteiger charge is 2.12. The van der Waals surface area contributed by atoms with Crippen LogP contribution in [-0.4, -0.2) is 17.6 Å². The molecule has 2 aromatic rings. The summed E-state index contributed by atoms with van der Waals surface area (Å²) in [6.45, 7) is 2.08. The third-order valence-electron chi connectivity index (χ3n) is 2.35. The van der Waals surface area contributed by atoms with Crippen LogP contribution in [0.3, 0.4) is 0 Å². The summed E-state index contributed by atoms with van der Waals surface area (Å²) in [6.07, 6.45) is 0. The number of carbonyl (C=O) groups is 1. The fraction of sp³-hybridized carbons (Fsp3) is 0.231. The number of thiazole rings is 1. The molecule has 106 valence electrons. The molecule has 0 aliphatic rings. The minimum absolute atomic E-state index is 0.328. The lowest BCUT2D eigenvalue weighted by Crippen LogP contribution is -2.04. The molecule has 0 amide bonds. The SMILES string of the molecule is CCOC(=O)c1nc(CSc2ccc(F)cc2N)cs1. The second-order valence-corrected chi connectivity index (χ2v) is 5.71. The Morgan fingerprint density at radius 1 is 1.55 bits per heavy atom. The number of nitrogens with zero attached hydrogens (tertiary/aromatic N) is 1. The van der Waals surface area contributed by atoms with Crippen molar-refractivity contribution in [2.75, 3.05) is 12.3 Å².